The van der Waals surface area contributed by atoms with Gasteiger partial charge in [-0.2, -0.15) is 4.31 Å². The van der Waals surface area contributed by atoms with Crippen molar-refractivity contribution in [3.05, 3.63) is 47.3 Å². The lowest BCUT2D eigenvalue weighted by atomic mass is 10.2. The van der Waals surface area contributed by atoms with E-state index in [-0.39, 0.29) is 16.7 Å². The van der Waals surface area contributed by atoms with Crippen molar-refractivity contribution in [1.82, 2.24) is 9.21 Å². The molecule has 0 aliphatic rings. The van der Waals surface area contributed by atoms with Crippen LogP contribution in [0.4, 0.5) is 0 Å². The molecule has 25 heavy (non-hydrogen) atoms. The fraction of sp³-hybridized carbons (Fsp3) is 0.353. The fourth-order valence-corrected chi connectivity index (χ4v) is 4.42. The van der Waals surface area contributed by atoms with Crippen molar-refractivity contribution in [1.29, 1.82) is 0 Å². The number of para-hydroxylation sites is 1. The molecule has 1 aromatic heterocycles. The van der Waals surface area contributed by atoms with Crippen LogP contribution in [0.25, 0.3) is 0 Å². The summed E-state index contributed by atoms with van der Waals surface area (Å²) in [7, 11) is -0.579. The molecule has 1 aromatic carbocycles. The molecule has 8 heteroatoms. The first-order valence-electron chi connectivity index (χ1n) is 7.74. The summed E-state index contributed by atoms with van der Waals surface area (Å²) < 4.78 is 31.6. The molecule has 0 N–H and O–H groups in total. The highest BCUT2D eigenvalue weighted by Crippen LogP contribution is 2.19. The SMILES string of the molecule is Cc1ccccc1OCCN(C)C(=O)CN(C)S(=O)(=O)c1cccs1. The van der Waals surface area contributed by atoms with Gasteiger partial charge in [-0.15, -0.1) is 11.3 Å². The van der Waals surface area contributed by atoms with Crippen molar-refractivity contribution in [2.45, 2.75) is 11.1 Å². The average molecular weight is 383 g/mol. The number of ether oxygens (including phenoxy) is 1. The third-order valence-electron chi connectivity index (χ3n) is 3.72. The lowest BCUT2D eigenvalue weighted by Gasteiger charge is -2.21. The summed E-state index contributed by atoms with van der Waals surface area (Å²) in [6.45, 7) is 2.46. The van der Waals surface area contributed by atoms with Gasteiger partial charge in [0.05, 0.1) is 13.1 Å². The fourth-order valence-electron chi connectivity index (χ4n) is 2.10. The lowest BCUT2D eigenvalue weighted by Crippen LogP contribution is -2.40. The quantitative estimate of drug-likeness (QED) is 0.702. The van der Waals surface area contributed by atoms with Crippen LogP contribution in [0, 0.1) is 6.92 Å². The number of aryl methyl sites for hydroxylation is 1. The third-order valence-corrected chi connectivity index (χ3v) is 6.90. The van der Waals surface area contributed by atoms with E-state index >= 15 is 0 Å². The number of rotatable bonds is 8. The van der Waals surface area contributed by atoms with Gasteiger partial charge in [-0.3, -0.25) is 4.79 Å². The molecule has 0 bridgehead atoms. The second-order valence-corrected chi connectivity index (χ2v) is 8.84. The summed E-state index contributed by atoms with van der Waals surface area (Å²) >= 11 is 1.13. The molecule has 1 amide bonds. The smallest absolute Gasteiger partial charge is 0.252 e. The number of amides is 1. The van der Waals surface area contributed by atoms with Gasteiger partial charge in [-0.1, -0.05) is 24.3 Å². The Morgan fingerprint density at radius 1 is 1.16 bits per heavy atom. The number of nitrogens with zero attached hydrogens (tertiary/aromatic N) is 2. The molecular weight excluding hydrogens is 360 g/mol. The number of thiophene rings is 1. The zero-order valence-corrected chi connectivity index (χ0v) is 16.1. The zero-order valence-electron chi connectivity index (χ0n) is 14.5. The maximum Gasteiger partial charge on any atom is 0.252 e. The maximum absolute atomic E-state index is 12.3. The van der Waals surface area contributed by atoms with E-state index in [2.05, 4.69) is 0 Å². The minimum atomic E-state index is -3.62. The summed E-state index contributed by atoms with van der Waals surface area (Å²) in [5.74, 6) is 0.497. The van der Waals surface area contributed by atoms with E-state index in [1.54, 1.807) is 18.5 Å². The summed E-state index contributed by atoms with van der Waals surface area (Å²) in [5, 5.41) is 1.69. The maximum atomic E-state index is 12.3. The minimum Gasteiger partial charge on any atom is -0.491 e. The molecular formula is C17H22N2O4S2. The molecule has 0 radical (unpaired) electrons. The Balaban J connectivity index is 1.85. The van der Waals surface area contributed by atoms with Crippen LogP contribution in [0.1, 0.15) is 5.56 Å². The largest absolute Gasteiger partial charge is 0.491 e. The van der Waals surface area contributed by atoms with Crippen molar-refractivity contribution >= 4 is 27.3 Å². The highest BCUT2D eigenvalue weighted by molar-refractivity contribution is 7.91. The first-order chi connectivity index (χ1) is 11.8. The second-order valence-electron chi connectivity index (χ2n) is 5.62. The molecule has 0 atom stereocenters. The first-order valence-corrected chi connectivity index (χ1v) is 10.1. The highest BCUT2D eigenvalue weighted by Gasteiger charge is 2.24. The van der Waals surface area contributed by atoms with Gasteiger partial charge in [0.1, 0.15) is 16.6 Å². The molecule has 0 saturated heterocycles. The average Bonchev–Trinajstić information content (AvgIpc) is 3.11. The standard InChI is InChI=1S/C17H22N2O4S2/c1-14-7-4-5-8-15(14)23-11-10-18(2)16(20)13-19(3)25(21,22)17-9-6-12-24-17/h4-9,12H,10-11,13H2,1-3H3. The molecule has 2 aromatic rings. The predicted octanol–water partition coefficient (Wildman–Crippen LogP) is 2.21. The summed E-state index contributed by atoms with van der Waals surface area (Å²) in [5.41, 5.74) is 1.03. The number of sulfonamides is 1. The van der Waals surface area contributed by atoms with Gasteiger partial charge in [-0.05, 0) is 30.0 Å². The minimum absolute atomic E-state index is 0.207. The van der Waals surface area contributed by atoms with Gasteiger partial charge in [0.2, 0.25) is 5.91 Å². The van der Waals surface area contributed by atoms with Gasteiger partial charge >= 0.3 is 0 Å². The van der Waals surface area contributed by atoms with E-state index in [0.29, 0.717) is 13.2 Å². The Morgan fingerprint density at radius 2 is 1.88 bits per heavy atom. The summed E-state index contributed by atoms with van der Waals surface area (Å²) in [6.07, 6.45) is 0. The van der Waals surface area contributed by atoms with Crippen LogP contribution in [0.5, 0.6) is 5.75 Å². The number of carbonyl (C=O) groups is 1. The van der Waals surface area contributed by atoms with E-state index in [4.69, 9.17) is 4.74 Å². The van der Waals surface area contributed by atoms with Crippen molar-refractivity contribution in [3.63, 3.8) is 0 Å². The van der Waals surface area contributed by atoms with Gasteiger partial charge in [0.25, 0.3) is 10.0 Å². The topological polar surface area (TPSA) is 66.9 Å². The Kier molecular flexibility index (Phi) is 6.57. The number of carbonyl (C=O) groups excluding carboxylic acids is 1. The Labute approximate surface area is 152 Å². The van der Waals surface area contributed by atoms with Gasteiger partial charge < -0.3 is 9.64 Å². The molecule has 6 nitrogen and oxygen atoms in total. The van der Waals surface area contributed by atoms with Crippen LogP contribution < -0.4 is 4.74 Å². The number of hydrogen-bond acceptors (Lipinski definition) is 5. The number of likely N-dealkylation sites (N-methyl/N-ethyl adjacent to an activating group) is 2. The van der Waals surface area contributed by atoms with Crippen LogP contribution in [0.2, 0.25) is 0 Å². The lowest BCUT2D eigenvalue weighted by molar-refractivity contribution is -0.130. The summed E-state index contributed by atoms with van der Waals surface area (Å²) in [4.78, 5) is 13.7. The van der Waals surface area contributed by atoms with E-state index in [9.17, 15) is 13.2 Å². The van der Waals surface area contributed by atoms with Gasteiger partial charge in [-0.25, -0.2) is 8.42 Å². The van der Waals surface area contributed by atoms with E-state index in [1.807, 2.05) is 31.2 Å². The zero-order chi connectivity index (χ0) is 18.4. The van der Waals surface area contributed by atoms with Gasteiger partial charge in [0.15, 0.2) is 0 Å². The Bertz CT molecular complexity index is 804. The van der Waals surface area contributed by atoms with Crippen molar-refractivity contribution in [2.24, 2.45) is 0 Å². The van der Waals surface area contributed by atoms with Gasteiger partial charge in [0, 0.05) is 14.1 Å². The van der Waals surface area contributed by atoms with E-state index in [1.165, 1.54) is 18.0 Å². The van der Waals surface area contributed by atoms with Crippen LogP contribution in [0.15, 0.2) is 46.0 Å². The molecule has 0 fully saturated rings. The number of hydrogen-bond donors (Lipinski definition) is 0. The van der Waals surface area contributed by atoms with Crippen LogP contribution >= 0.6 is 11.3 Å². The molecule has 0 aliphatic carbocycles. The molecule has 0 aliphatic heterocycles. The van der Waals surface area contributed by atoms with E-state index < -0.39 is 10.0 Å². The molecule has 2 rings (SSSR count). The molecule has 1 heterocycles. The molecule has 0 saturated carbocycles. The summed E-state index contributed by atoms with van der Waals surface area (Å²) in [6, 6.07) is 10.8. The Hall–Kier alpha value is -1.90. The predicted molar refractivity (Wildman–Crippen MR) is 98.4 cm³/mol. The van der Waals surface area contributed by atoms with Crippen molar-refractivity contribution in [3.8, 4) is 5.75 Å². The first kappa shape index (κ1) is 19.4. The van der Waals surface area contributed by atoms with Crippen molar-refractivity contribution < 1.29 is 17.9 Å². The van der Waals surface area contributed by atoms with Crippen LogP contribution in [0.3, 0.4) is 0 Å². The second kappa shape index (κ2) is 8.46. The van der Waals surface area contributed by atoms with Crippen LogP contribution in [-0.2, 0) is 14.8 Å². The third kappa shape index (κ3) is 5.04. The van der Waals surface area contributed by atoms with Crippen LogP contribution in [-0.4, -0.2) is 57.3 Å². The molecule has 0 unspecified atom stereocenters. The molecule has 0 spiro atoms. The normalized spacial score (nSPS) is 11.5. The molecule has 136 valence electrons. The highest BCUT2D eigenvalue weighted by atomic mass is 32.2. The Morgan fingerprint density at radius 3 is 2.52 bits per heavy atom. The van der Waals surface area contributed by atoms with Crippen molar-refractivity contribution in [2.75, 3.05) is 33.8 Å². The van der Waals surface area contributed by atoms with E-state index in [0.717, 1.165) is 27.0 Å². The number of benzene rings is 1. The monoisotopic (exact) mass is 382 g/mol.